The molecule has 3 aromatic carbocycles. The molecule has 6 amide bonds. The average molecular weight is 942 g/mol. The zero-order chi connectivity index (χ0) is 48.8. The van der Waals surface area contributed by atoms with E-state index in [0.29, 0.717) is 59.9 Å². The third-order valence-corrected chi connectivity index (χ3v) is 12.3. The lowest BCUT2D eigenvalue weighted by Gasteiger charge is -2.31. The first-order chi connectivity index (χ1) is 32.6. The van der Waals surface area contributed by atoms with Crippen LogP contribution in [-0.2, 0) is 30.5 Å². The number of hydrogen-bond acceptors (Lipinski definition) is 14. The van der Waals surface area contributed by atoms with Crippen molar-refractivity contribution in [1.82, 2.24) is 20.4 Å². The molecule has 68 heavy (non-hydrogen) atoms. The van der Waals surface area contributed by atoms with E-state index in [0.717, 1.165) is 17.7 Å². The van der Waals surface area contributed by atoms with E-state index in [1.807, 2.05) is 0 Å². The van der Waals surface area contributed by atoms with Gasteiger partial charge in [-0.2, -0.15) is 0 Å². The number of nitrogens with zero attached hydrogens (tertiary/aromatic N) is 4. The van der Waals surface area contributed by atoms with E-state index >= 15 is 0 Å². The number of aliphatic imine (C=N–C) groups is 1. The largest absolute Gasteiger partial charge is 0.493 e. The number of aliphatic hydroxyl groups excluding tert-OH is 1. The summed E-state index contributed by atoms with van der Waals surface area (Å²) in [6.45, 7) is 8.71. The second-order valence-electron chi connectivity index (χ2n) is 17.6. The number of carbonyl (C=O) groups excluding carboxylic acids is 6. The quantitative estimate of drug-likeness (QED) is 0.106. The first-order valence-electron chi connectivity index (χ1n) is 22.7. The number of benzene rings is 3. The van der Waals surface area contributed by atoms with E-state index < -0.39 is 48.2 Å². The molecule has 4 N–H and O–H groups in total. The fraction of sp³-hybridized carbons (Fsp3) is 0.479. The van der Waals surface area contributed by atoms with Gasteiger partial charge in [-0.25, -0.2) is 9.69 Å². The SMILES string of the molecule is COc1cc2c(cc1OCOCOc1cc3c(cc1OC)C(=O)N1CCC[C@H]1C(O)N3C(=O)OCc1ccc(NC(=O)[C@H](C)NC(=O)[C@@H](NC(=O)C(C)C)C(C)C)cc1)N=C[C@@H]1CCCN1C2=O. The number of methoxy groups -OCH3 is 2. The number of ether oxygens (including phenoxy) is 6. The number of fused-ring (bicyclic) bond motifs is 4. The molecule has 5 atom stereocenters. The summed E-state index contributed by atoms with van der Waals surface area (Å²) in [4.78, 5) is 88.5. The first-order valence-corrected chi connectivity index (χ1v) is 22.7. The standard InChI is InChI=1S/C48H59N7O13/c1-26(2)41(52-42(56)27(3)4)44(58)50-28(5)43(57)51-30-14-12-29(13-15-30)23-66-48(62)55-36-21-40(38(64-7)19-33(36)46(60)54-17-9-11-35(54)47(55)61)68-25-65-24-67-39-20-34-32(18-37(39)63-6)45(59)53-16-8-10-31(53)22-49-34/h12-15,18-22,26-28,31,35,41,47,61H,8-11,16-17,23-25H2,1-7H3,(H,50,58)(H,51,57)(H,52,56)/t28-,31-,35-,41-,47?/m0/s1. The number of hydrogen-bond donors (Lipinski definition) is 4. The Bertz CT molecular complexity index is 2430. The van der Waals surface area contributed by atoms with Gasteiger partial charge >= 0.3 is 6.09 Å². The molecular weight excluding hydrogens is 883 g/mol. The van der Waals surface area contributed by atoms with Gasteiger partial charge in [0.1, 0.15) is 18.7 Å². The van der Waals surface area contributed by atoms with Gasteiger partial charge in [0.2, 0.25) is 17.7 Å². The van der Waals surface area contributed by atoms with Crippen LogP contribution in [0.25, 0.3) is 0 Å². The summed E-state index contributed by atoms with van der Waals surface area (Å²) in [6, 6.07) is 10.0. The van der Waals surface area contributed by atoms with Gasteiger partial charge in [-0.3, -0.25) is 29.0 Å². The van der Waals surface area contributed by atoms with Crippen molar-refractivity contribution in [3.05, 3.63) is 65.2 Å². The van der Waals surface area contributed by atoms with Crippen LogP contribution in [0.2, 0.25) is 0 Å². The molecule has 20 nitrogen and oxygen atoms in total. The van der Waals surface area contributed by atoms with Crippen molar-refractivity contribution in [1.29, 1.82) is 0 Å². The van der Waals surface area contributed by atoms with Crippen molar-refractivity contribution in [3.8, 4) is 23.0 Å². The molecule has 0 aliphatic carbocycles. The van der Waals surface area contributed by atoms with Crippen molar-refractivity contribution in [2.24, 2.45) is 16.8 Å². The maximum Gasteiger partial charge on any atom is 0.416 e. The van der Waals surface area contributed by atoms with Gasteiger partial charge in [0, 0.05) is 43.0 Å². The topological polar surface area (TPSA) is 236 Å². The summed E-state index contributed by atoms with van der Waals surface area (Å²) in [5, 5.41) is 19.9. The molecule has 3 aromatic rings. The third-order valence-electron chi connectivity index (χ3n) is 12.3. The lowest BCUT2D eigenvalue weighted by atomic mass is 10.0. The van der Waals surface area contributed by atoms with E-state index in [1.165, 1.54) is 38.2 Å². The number of anilines is 2. The molecule has 2 fully saturated rings. The van der Waals surface area contributed by atoms with Crippen molar-refractivity contribution < 1.29 is 62.3 Å². The highest BCUT2D eigenvalue weighted by molar-refractivity contribution is 6.06. The maximum atomic E-state index is 14.0. The number of rotatable bonds is 17. The maximum absolute atomic E-state index is 14.0. The first kappa shape index (κ1) is 49.0. The van der Waals surface area contributed by atoms with Gasteiger partial charge in [-0.05, 0) is 68.4 Å². The zero-order valence-corrected chi connectivity index (χ0v) is 39.2. The van der Waals surface area contributed by atoms with Crippen molar-refractivity contribution in [3.63, 3.8) is 0 Å². The fourth-order valence-electron chi connectivity index (χ4n) is 8.46. The van der Waals surface area contributed by atoms with E-state index in [-0.39, 0.29) is 72.6 Å². The predicted molar refractivity (Wildman–Crippen MR) is 247 cm³/mol. The minimum atomic E-state index is -1.48. The van der Waals surface area contributed by atoms with Gasteiger partial charge in [0.05, 0.1) is 48.8 Å². The molecule has 1 unspecified atom stereocenters. The monoisotopic (exact) mass is 941 g/mol. The van der Waals surface area contributed by atoms with Crippen LogP contribution in [0.3, 0.4) is 0 Å². The highest BCUT2D eigenvalue weighted by atomic mass is 16.7. The second-order valence-corrected chi connectivity index (χ2v) is 17.6. The summed E-state index contributed by atoms with van der Waals surface area (Å²) >= 11 is 0. The molecule has 0 aromatic heterocycles. The molecule has 7 rings (SSSR count). The highest BCUT2D eigenvalue weighted by Gasteiger charge is 2.45. The molecular formula is C48H59N7O13. The molecule has 4 aliphatic heterocycles. The molecule has 364 valence electrons. The van der Waals surface area contributed by atoms with Crippen molar-refractivity contribution in [2.45, 2.75) is 97.3 Å². The van der Waals surface area contributed by atoms with Crippen LogP contribution in [0, 0.1) is 11.8 Å². The summed E-state index contributed by atoms with van der Waals surface area (Å²) in [5.74, 6) is -1.43. The normalized spacial score (nSPS) is 19.2. The second kappa shape index (κ2) is 21.4. The van der Waals surface area contributed by atoms with Crippen LogP contribution in [0.4, 0.5) is 21.9 Å². The molecule has 2 saturated heterocycles. The highest BCUT2D eigenvalue weighted by Crippen LogP contribution is 2.42. The molecule has 0 bridgehead atoms. The van der Waals surface area contributed by atoms with Crippen LogP contribution < -0.4 is 39.8 Å². The molecule has 0 spiro atoms. The van der Waals surface area contributed by atoms with Gasteiger partial charge in [-0.15, -0.1) is 0 Å². The van der Waals surface area contributed by atoms with Gasteiger partial charge in [0.25, 0.3) is 11.8 Å². The summed E-state index contributed by atoms with van der Waals surface area (Å²) in [5.41, 5.74) is 1.93. The fourth-order valence-corrected chi connectivity index (χ4v) is 8.46. The minimum absolute atomic E-state index is 0.0283. The number of aliphatic hydroxyl groups is 1. The Morgan fingerprint density at radius 1 is 0.765 bits per heavy atom. The van der Waals surface area contributed by atoms with E-state index in [1.54, 1.807) is 75.2 Å². The van der Waals surface area contributed by atoms with E-state index in [9.17, 15) is 33.9 Å². The Hall–Kier alpha value is -6.93. The van der Waals surface area contributed by atoms with Gasteiger partial charge in [-0.1, -0.05) is 39.8 Å². The summed E-state index contributed by atoms with van der Waals surface area (Å²) in [7, 11) is 2.86. The smallest absolute Gasteiger partial charge is 0.416 e. The van der Waals surface area contributed by atoms with Crippen molar-refractivity contribution >= 4 is 58.9 Å². The van der Waals surface area contributed by atoms with Crippen LogP contribution in [0.15, 0.2) is 53.5 Å². The number of amides is 6. The van der Waals surface area contributed by atoms with E-state index in [4.69, 9.17) is 28.4 Å². The summed E-state index contributed by atoms with van der Waals surface area (Å²) < 4.78 is 34.3. The average Bonchev–Trinajstić information content (AvgIpc) is 3.98. The molecule has 4 heterocycles. The Kier molecular flexibility index (Phi) is 15.4. The predicted octanol–water partition coefficient (Wildman–Crippen LogP) is 4.73. The van der Waals surface area contributed by atoms with Gasteiger partial charge in [0.15, 0.2) is 42.8 Å². The Balaban J connectivity index is 0.990. The van der Waals surface area contributed by atoms with Crippen LogP contribution >= 0.6 is 0 Å². The molecule has 0 radical (unpaired) electrons. The Morgan fingerprint density at radius 2 is 1.40 bits per heavy atom. The minimum Gasteiger partial charge on any atom is -0.493 e. The Morgan fingerprint density at radius 3 is 2.06 bits per heavy atom. The molecule has 0 saturated carbocycles. The van der Waals surface area contributed by atoms with Crippen molar-refractivity contribution in [2.75, 3.05) is 51.1 Å². The van der Waals surface area contributed by atoms with E-state index in [2.05, 4.69) is 20.9 Å². The Labute approximate surface area is 394 Å². The van der Waals surface area contributed by atoms with Crippen LogP contribution in [0.1, 0.15) is 86.6 Å². The lowest BCUT2D eigenvalue weighted by molar-refractivity contribution is -0.132. The molecule has 4 aliphatic rings. The number of nitrogens with one attached hydrogen (secondary N) is 3. The van der Waals surface area contributed by atoms with Crippen LogP contribution in [0.5, 0.6) is 23.0 Å². The molecule has 20 heteroatoms. The third kappa shape index (κ3) is 10.6. The number of carbonyl (C=O) groups is 6. The van der Waals surface area contributed by atoms with Crippen LogP contribution in [-0.4, -0.2) is 128 Å². The summed E-state index contributed by atoms with van der Waals surface area (Å²) in [6.07, 6.45) is 2.19. The van der Waals surface area contributed by atoms with Gasteiger partial charge < -0.3 is 59.3 Å². The lowest BCUT2D eigenvalue weighted by Crippen LogP contribution is -2.54. The zero-order valence-electron chi connectivity index (χ0n) is 39.2.